The number of hydrogen-bond acceptors (Lipinski definition) is 4. The van der Waals surface area contributed by atoms with Gasteiger partial charge in [0.05, 0.1) is 0 Å². The molecule has 0 aromatic carbocycles. The topological polar surface area (TPSA) is 99.3 Å². The van der Waals surface area contributed by atoms with Gasteiger partial charge in [0.1, 0.15) is 5.82 Å². The van der Waals surface area contributed by atoms with Gasteiger partial charge in [-0.1, -0.05) is 13.8 Å². The summed E-state index contributed by atoms with van der Waals surface area (Å²) in [5, 5.41) is 9.08. The highest BCUT2D eigenvalue weighted by atomic mass is 16.2. The predicted molar refractivity (Wildman–Crippen MR) is 57.0 cm³/mol. The number of carbonyl (C=O) groups excluding carboxylic acids is 1. The van der Waals surface area contributed by atoms with Crippen LogP contribution in [0.1, 0.15) is 36.2 Å². The SMILES string of the molecule is CC(C)c1nc(C(=O)Nc2ncc[nH]2)n[nH]1. The van der Waals surface area contributed by atoms with Gasteiger partial charge < -0.3 is 4.98 Å². The first-order valence-corrected chi connectivity index (χ1v) is 4.90. The molecule has 1 amide bonds. The van der Waals surface area contributed by atoms with Crippen LogP contribution in [0.25, 0.3) is 0 Å². The molecule has 0 spiro atoms. The summed E-state index contributed by atoms with van der Waals surface area (Å²) >= 11 is 0. The molecule has 2 heterocycles. The zero-order valence-electron chi connectivity index (χ0n) is 8.98. The minimum Gasteiger partial charge on any atom is -0.331 e. The molecular formula is C9H12N6O. The number of aromatic nitrogens is 5. The van der Waals surface area contributed by atoms with Crippen LogP contribution in [0.4, 0.5) is 5.95 Å². The predicted octanol–water partition coefficient (Wildman–Crippen LogP) is 0.903. The number of imidazole rings is 1. The first kappa shape index (κ1) is 10.3. The van der Waals surface area contributed by atoms with Crippen molar-refractivity contribution in [3.05, 3.63) is 24.0 Å². The van der Waals surface area contributed by atoms with Crippen LogP contribution in [-0.2, 0) is 0 Å². The maximum Gasteiger partial charge on any atom is 0.297 e. The summed E-state index contributed by atoms with van der Waals surface area (Å²) in [7, 11) is 0. The third-order valence-corrected chi connectivity index (χ3v) is 1.98. The molecular weight excluding hydrogens is 208 g/mol. The van der Waals surface area contributed by atoms with Gasteiger partial charge >= 0.3 is 0 Å². The van der Waals surface area contributed by atoms with Gasteiger partial charge in [0.15, 0.2) is 0 Å². The molecule has 0 saturated carbocycles. The smallest absolute Gasteiger partial charge is 0.297 e. The molecule has 0 bridgehead atoms. The Morgan fingerprint density at radius 1 is 1.50 bits per heavy atom. The van der Waals surface area contributed by atoms with Gasteiger partial charge in [-0.25, -0.2) is 9.97 Å². The third kappa shape index (κ3) is 2.08. The van der Waals surface area contributed by atoms with E-state index in [1.807, 2.05) is 13.8 Å². The van der Waals surface area contributed by atoms with Crippen LogP contribution in [-0.4, -0.2) is 31.1 Å². The lowest BCUT2D eigenvalue weighted by Gasteiger charge is -1.97. The van der Waals surface area contributed by atoms with Gasteiger partial charge in [0, 0.05) is 18.3 Å². The van der Waals surface area contributed by atoms with E-state index < -0.39 is 5.91 Å². The zero-order chi connectivity index (χ0) is 11.5. The molecule has 0 aliphatic rings. The minimum absolute atomic E-state index is 0.111. The van der Waals surface area contributed by atoms with Gasteiger partial charge in [-0.2, -0.15) is 0 Å². The van der Waals surface area contributed by atoms with Crippen LogP contribution >= 0.6 is 0 Å². The Bertz CT molecular complexity index is 472. The molecule has 3 N–H and O–H groups in total. The molecule has 16 heavy (non-hydrogen) atoms. The Kier molecular flexibility index (Phi) is 2.67. The van der Waals surface area contributed by atoms with Crippen LogP contribution in [0.3, 0.4) is 0 Å². The molecule has 2 rings (SSSR count). The van der Waals surface area contributed by atoms with E-state index in [4.69, 9.17) is 0 Å². The van der Waals surface area contributed by atoms with Crippen molar-refractivity contribution in [2.24, 2.45) is 0 Å². The van der Waals surface area contributed by atoms with Crippen molar-refractivity contribution in [3.63, 3.8) is 0 Å². The van der Waals surface area contributed by atoms with Crippen molar-refractivity contribution in [1.82, 2.24) is 25.1 Å². The summed E-state index contributed by atoms with van der Waals surface area (Å²) in [6.45, 7) is 3.93. The van der Waals surface area contributed by atoms with Gasteiger partial charge in [-0.05, 0) is 0 Å². The average Bonchev–Trinajstić information content (AvgIpc) is 2.86. The van der Waals surface area contributed by atoms with Crippen molar-refractivity contribution in [2.45, 2.75) is 19.8 Å². The summed E-state index contributed by atoms with van der Waals surface area (Å²) < 4.78 is 0. The second-order valence-corrected chi connectivity index (χ2v) is 3.59. The Balaban J connectivity index is 2.09. The van der Waals surface area contributed by atoms with E-state index in [-0.39, 0.29) is 11.7 Å². The molecule has 0 aliphatic carbocycles. The Morgan fingerprint density at radius 2 is 2.31 bits per heavy atom. The maximum atomic E-state index is 11.6. The first-order valence-electron chi connectivity index (χ1n) is 4.90. The van der Waals surface area contributed by atoms with Crippen LogP contribution in [0, 0.1) is 0 Å². The fourth-order valence-electron chi connectivity index (χ4n) is 1.13. The van der Waals surface area contributed by atoms with Crippen molar-refractivity contribution in [3.8, 4) is 0 Å². The van der Waals surface area contributed by atoms with E-state index in [0.717, 1.165) is 0 Å². The van der Waals surface area contributed by atoms with Gasteiger partial charge in [-0.3, -0.25) is 15.2 Å². The van der Waals surface area contributed by atoms with Crippen LogP contribution in [0.2, 0.25) is 0 Å². The molecule has 84 valence electrons. The number of anilines is 1. The fraction of sp³-hybridized carbons (Fsp3) is 0.333. The number of amides is 1. The van der Waals surface area contributed by atoms with Crippen molar-refractivity contribution < 1.29 is 4.79 Å². The lowest BCUT2D eigenvalue weighted by atomic mass is 10.2. The molecule has 0 unspecified atom stereocenters. The highest BCUT2D eigenvalue weighted by Gasteiger charge is 2.14. The Morgan fingerprint density at radius 3 is 2.88 bits per heavy atom. The Hall–Kier alpha value is -2.18. The molecule has 7 heteroatoms. The second-order valence-electron chi connectivity index (χ2n) is 3.59. The fourth-order valence-corrected chi connectivity index (χ4v) is 1.13. The lowest BCUT2D eigenvalue weighted by Crippen LogP contribution is -2.14. The van der Waals surface area contributed by atoms with Gasteiger partial charge in [0.2, 0.25) is 11.8 Å². The van der Waals surface area contributed by atoms with E-state index >= 15 is 0 Å². The number of H-pyrrole nitrogens is 2. The maximum absolute atomic E-state index is 11.6. The summed E-state index contributed by atoms with van der Waals surface area (Å²) in [4.78, 5) is 22.3. The van der Waals surface area contributed by atoms with Crippen LogP contribution in [0.5, 0.6) is 0 Å². The number of aromatic amines is 2. The standard InChI is InChI=1S/C9H12N6O/c1-5(2)6-12-7(15-14-6)8(16)13-9-10-3-4-11-9/h3-5H,1-2H3,(H,12,14,15)(H2,10,11,13,16). The molecule has 0 fully saturated rings. The van der Waals surface area contributed by atoms with E-state index in [1.165, 1.54) is 0 Å². The number of hydrogen-bond donors (Lipinski definition) is 3. The summed E-state index contributed by atoms with van der Waals surface area (Å²) in [6, 6.07) is 0. The number of nitrogens with one attached hydrogen (secondary N) is 3. The second kappa shape index (κ2) is 4.13. The lowest BCUT2D eigenvalue weighted by molar-refractivity contribution is 0.101. The monoisotopic (exact) mass is 220 g/mol. The van der Waals surface area contributed by atoms with Crippen LogP contribution in [0.15, 0.2) is 12.4 Å². The van der Waals surface area contributed by atoms with E-state index in [0.29, 0.717) is 11.8 Å². The molecule has 7 nitrogen and oxygen atoms in total. The minimum atomic E-state index is -0.391. The molecule has 2 aromatic heterocycles. The van der Waals surface area contributed by atoms with Gasteiger partial charge in [-0.15, -0.1) is 5.10 Å². The van der Waals surface area contributed by atoms with E-state index in [2.05, 4.69) is 30.5 Å². The average molecular weight is 220 g/mol. The summed E-state index contributed by atoms with van der Waals surface area (Å²) in [5.41, 5.74) is 0. The quantitative estimate of drug-likeness (QED) is 0.715. The van der Waals surface area contributed by atoms with Crippen LogP contribution < -0.4 is 5.32 Å². The normalized spacial score (nSPS) is 10.7. The van der Waals surface area contributed by atoms with Crippen molar-refractivity contribution >= 4 is 11.9 Å². The molecule has 0 radical (unpaired) electrons. The van der Waals surface area contributed by atoms with Crippen molar-refractivity contribution in [2.75, 3.05) is 5.32 Å². The highest BCUT2D eigenvalue weighted by molar-refractivity contribution is 6.00. The van der Waals surface area contributed by atoms with E-state index in [9.17, 15) is 4.79 Å². The zero-order valence-corrected chi connectivity index (χ0v) is 8.98. The number of carbonyl (C=O) groups is 1. The molecule has 0 saturated heterocycles. The first-order chi connectivity index (χ1) is 7.66. The molecule has 2 aromatic rings. The largest absolute Gasteiger partial charge is 0.331 e. The molecule has 0 atom stereocenters. The molecule has 0 aliphatic heterocycles. The highest BCUT2D eigenvalue weighted by Crippen LogP contribution is 2.08. The van der Waals surface area contributed by atoms with Gasteiger partial charge in [0.25, 0.3) is 5.91 Å². The van der Waals surface area contributed by atoms with Crippen molar-refractivity contribution in [1.29, 1.82) is 0 Å². The van der Waals surface area contributed by atoms with E-state index in [1.54, 1.807) is 12.4 Å². The summed E-state index contributed by atoms with van der Waals surface area (Å²) in [6.07, 6.45) is 3.17. The third-order valence-electron chi connectivity index (χ3n) is 1.98. The summed E-state index contributed by atoms with van der Waals surface area (Å²) in [5.74, 6) is 0.987. The number of rotatable bonds is 3. The Labute approximate surface area is 91.7 Å². The number of nitrogens with zero attached hydrogens (tertiary/aromatic N) is 3.